The summed E-state index contributed by atoms with van der Waals surface area (Å²) in [5.74, 6) is -0.526. The van der Waals surface area contributed by atoms with Gasteiger partial charge in [-0.15, -0.1) is 0 Å². The molecule has 5 heterocycles. The number of aromatic nitrogens is 6. The van der Waals surface area contributed by atoms with Crippen molar-refractivity contribution >= 4 is 16.9 Å². The predicted octanol–water partition coefficient (Wildman–Crippen LogP) is 3.37. The molecule has 0 unspecified atom stereocenters. The van der Waals surface area contributed by atoms with Crippen LogP contribution in [0.2, 0.25) is 0 Å². The van der Waals surface area contributed by atoms with E-state index < -0.39 is 17.8 Å². The Morgan fingerprint density at radius 1 is 1.16 bits per heavy atom. The van der Waals surface area contributed by atoms with Gasteiger partial charge in [0.2, 0.25) is 0 Å². The number of nitrogens with zero attached hydrogens (tertiary/aromatic N) is 8. The largest absolute Gasteiger partial charge is 0.433 e. The zero-order valence-electron chi connectivity index (χ0n) is 20.3. The van der Waals surface area contributed by atoms with Gasteiger partial charge in [0, 0.05) is 62.0 Å². The quantitative estimate of drug-likeness (QED) is 0.394. The second-order valence-corrected chi connectivity index (χ2v) is 9.00. The summed E-state index contributed by atoms with van der Waals surface area (Å²) in [4.78, 5) is 31.8. The number of fused-ring (bicyclic) bond motifs is 1. The fourth-order valence-corrected chi connectivity index (χ4v) is 4.69. The van der Waals surface area contributed by atoms with Crippen molar-refractivity contribution in [1.82, 2.24) is 39.5 Å². The first-order valence-corrected chi connectivity index (χ1v) is 12.1. The van der Waals surface area contributed by atoms with Gasteiger partial charge < -0.3 is 9.88 Å². The first-order valence-electron chi connectivity index (χ1n) is 12.1. The summed E-state index contributed by atoms with van der Waals surface area (Å²) in [7, 11) is 0. The normalized spacial score (nSPS) is 15.5. The summed E-state index contributed by atoms with van der Waals surface area (Å²) >= 11 is 0. The summed E-state index contributed by atoms with van der Waals surface area (Å²) in [6, 6.07) is 7.44. The van der Waals surface area contributed by atoms with Crippen LogP contribution in [0, 0.1) is 11.3 Å². The van der Waals surface area contributed by atoms with Crippen LogP contribution in [0.25, 0.3) is 22.3 Å². The number of hydrogen-bond donors (Lipinski definition) is 1. The van der Waals surface area contributed by atoms with Gasteiger partial charge in [-0.2, -0.15) is 23.5 Å². The van der Waals surface area contributed by atoms with Gasteiger partial charge in [0.25, 0.3) is 5.91 Å². The van der Waals surface area contributed by atoms with Crippen molar-refractivity contribution in [2.24, 2.45) is 0 Å². The second-order valence-electron chi connectivity index (χ2n) is 9.00. The monoisotopic (exact) mass is 523 g/mol. The first-order chi connectivity index (χ1) is 18.3. The van der Waals surface area contributed by atoms with E-state index in [9.17, 15) is 23.2 Å². The third-order valence-electron chi connectivity index (χ3n) is 6.62. The molecule has 38 heavy (non-hydrogen) atoms. The minimum absolute atomic E-state index is 0.0102. The molecule has 4 aromatic heterocycles. The number of nitrogens with one attached hydrogen (secondary N) is 1. The Hall–Kier alpha value is -4.31. The maximum absolute atomic E-state index is 13.0. The molecule has 1 atom stereocenters. The number of H-pyrrole nitrogens is 1. The Morgan fingerprint density at radius 3 is 2.74 bits per heavy atom. The number of nitriles is 1. The Labute approximate surface area is 215 Å². The third kappa shape index (κ3) is 5.35. The van der Waals surface area contributed by atoms with E-state index in [1.807, 2.05) is 16.9 Å². The van der Waals surface area contributed by atoms with E-state index in [0.29, 0.717) is 45.6 Å². The zero-order valence-corrected chi connectivity index (χ0v) is 20.3. The molecule has 0 radical (unpaired) electrons. The fraction of sp³-hybridized carbons (Fsp3) is 0.360. The molecule has 0 saturated carbocycles. The standard InChI is InChI=1S/C25H24F3N9O/c26-25(27,28)21-5-1-4-20(34-21)24(38)36-11-9-35(10-12-36)18(3-2-7-29)15-37-14-17(13-33-37)22-19-6-8-30-23(19)32-16-31-22/h1,4-6,8,13-14,16,18H,2-3,9-12,15H2,(H,30,31,32)/t18-/m1/s1. The first kappa shape index (κ1) is 25.3. The van der Waals surface area contributed by atoms with E-state index >= 15 is 0 Å². The molecule has 1 aliphatic rings. The highest BCUT2D eigenvalue weighted by molar-refractivity contribution is 5.92. The molecule has 0 spiro atoms. The molecule has 13 heteroatoms. The van der Waals surface area contributed by atoms with Gasteiger partial charge in [-0.3, -0.25) is 14.4 Å². The number of amides is 1. The van der Waals surface area contributed by atoms with E-state index in [4.69, 9.17) is 0 Å². The minimum atomic E-state index is -4.61. The summed E-state index contributed by atoms with van der Waals surface area (Å²) in [5, 5.41) is 14.6. The number of pyridine rings is 1. The molecule has 0 bridgehead atoms. The van der Waals surface area contributed by atoms with Crippen LogP contribution < -0.4 is 0 Å². The molecular formula is C25H24F3N9O. The van der Waals surface area contributed by atoms with Crippen LogP contribution in [0.1, 0.15) is 29.0 Å². The molecule has 10 nitrogen and oxygen atoms in total. The van der Waals surface area contributed by atoms with Gasteiger partial charge in [-0.1, -0.05) is 6.07 Å². The van der Waals surface area contributed by atoms with Crippen LogP contribution >= 0.6 is 0 Å². The summed E-state index contributed by atoms with van der Waals surface area (Å²) in [5.41, 5.74) is 1.05. The summed E-state index contributed by atoms with van der Waals surface area (Å²) in [6.07, 6.45) is 3.32. The van der Waals surface area contributed by atoms with Gasteiger partial charge in [0.15, 0.2) is 0 Å². The van der Waals surface area contributed by atoms with Crippen molar-refractivity contribution in [3.05, 3.63) is 60.6 Å². The van der Waals surface area contributed by atoms with Crippen molar-refractivity contribution < 1.29 is 18.0 Å². The van der Waals surface area contributed by atoms with Gasteiger partial charge in [0.1, 0.15) is 23.4 Å². The lowest BCUT2D eigenvalue weighted by Gasteiger charge is -2.39. The van der Waals surface area contributed by atoms with Crippen molar-refractivity contribution in [3.8, 4) is 17.3 Å². The smallest absolute Gasteiger partial charge is 0.346 e. The number of halogens is 3. The molecule has 1 fully saturated rings. The van der Waals surface area contributed by atoms with E-state index in [1.165, 1.54) is 23.4 Å². The second kappa shape index (κ2) is 10.6. The highest BCUT2D eigenvalue weighted by Gasteiger charge is 2.34. The molecule has 1 aliphatic heterocycles. The molecule has 4 aromatic rings. The van der Waals surface area contributed by atoms with Crippen LogP contribution in [0.15, 0.2) is 49.2 Å². The van der Waals surface area contributed by atoms with Crippen LogP contribution in [-0.4, -0.2) is 77.6 Å². The minimum Gasteiger partial charge on any atom is -0.346 e. The van der Waals surface area contributed by atoms with Crippen LogP contribution in [-0.2, 0) is 12.7 Å². The van der Waals surface area contributed by atoms with E-state index in [2.05, 4.69) is 36.0 Å². The number of piperazine rings is 1. The molecule has 1 N–H and O–H groups in total. The van der Waals surface area contributed by atoms with Crippen molar-refractivity contribution in [3.63, 3.8) is 0 Å². The van der Waals surface area contributed by atoms with E-state index in [1.54, 1.807) is 12.4 Å². The topological polar surface area (TPSA) is 120 Å². The maximum atomic E-state index is 13.0. The number of carbonyl (C=O) groups is 1. The zero-order chi connectivity index (χ0) is 26.7. The summed E-state index contributed by atoms with van der Waals surface area (Å²) < 4.78 is 40.9. The Kier molecular flexibility index (Phi) is 7.06. The van der Waals surface area contributed by atoms with Crippen molar-refractivity contribution in [2.45, 2.75) is 31.6 Å². The lowest BCUT2D eigenvalue weighted by Crippen LogP contribution is -2.53. The Morgan fingerprint density at radius 2 is 1.97 bits per heavy atom. The number of aromatic amines is 1. The molecular weight excluding hydrogens is 499 g/mol. The highest BCUT2D eigenvalue weighted by Crippen LogP contribution is 2.28. The Balaban J connectivity index is 1.25. The molecule has 196 valence electrons. The lowest BCUT2D eigenvalue weighted by molar-refractivity contribution is -0.141. The number of hydrogen-bond acceptors (Lipinski definition) is 7. The molecule has 1 amide bonds. The fourth-order valence-electron chi connectivity index (χ4n) is 4.69. The average molecular weight is 524 g/mol. The maximum Gasteiger partial charge on any atom is 0.433 e. The number of rotatable bonds is 7. The SMILES string of the molecule is N#CCC[C@H](Cn1cc(-c2ncnc3[nH]ccc23)cn1)N1CCN(C(=O)c2cccc(C(F)(F)F)n2)CC1. The highest BCUT2D eigenvalue weighted by atomic mass is 19.4. The van der Waals surface area contributed by atoms with Crippen molar-refractivity contribution in [1.29, 1.82) is 5.26 Å². The molecule has 5 rings (SSSR count). The van der Waals surface area contributed by atoms with E-state index in [-0.39, 0.29) is 11.7 Å². The third-order valence-corrected chi connectivity index (χ3v) is 6.62. The lowest BCUT2D eigenvalue weighted by atomic mass is 10.1. The molecule has 0 aliphatic carbocycles. The average Bonchev–Trinajstić information content (AvgIpc) is 3.60. The molecule has 0 aromatic carbocycles. The van der Waals surface area contributed by atoms with Gasteiger partial charge in [-0.25, -0.2) is 15.0 Å². The van der Waals surface area contributed by atoms with Gasteiger partial charge in [-0.05, 0) is 24.6 Å². The van der Waals surface area contributed by atoms with Crippen LogP contribution in [0.4, 0.5) is 13.2 Å². The van der Waals surface area contributed by atoms with Crippen LogP contribution in [0.3, 0.4) is 0 Å². The van der Waals surface area contributed by atoms with Gasteiger partial charge in [0.05, 0.1) is 24.5 Å². The van der Waals surface area contributed by atoms with Crippen LogP contribution in [0.5, 0.6) is 0 Å². The van der Waals surface area contributed by atoms with Gasteiger partial charge >= 0.3 is 6.18 Å². The number of alkyl halides is 3. The van der Waals surface area contributed by atoms with E-state index in [0.717, 1.165) is 28.4 Å². The van der Waals surface area contributed by atoms with Crippen molar-refractivity contribution in [2.75, 3.05) is 26.2 Å². The Bertz CT molecular complexity index is 1460. The molecule has 1 saturated heterocycles. The predicted molar refractivity (Wildman–Crippen MR) is 130 cm³/mol. The number of carbonyl (C=O) groups excluding carboxylic acids is 1. The summed E-state index contributed by atoms with van der Waals surface area (Å²) in [6.45, 7) is 2.26.